The zero-order valence-corrected chi connectivity index (χ0v) is 9.57. The van der Waals surface area contributed by atoms with Crippen LogP contribution in [0, 0.1) is 0 Å². The highest BCUT2D eigenvalue weighted by Crippen LogP contribution is 2.32. The van der Waals surface area contributed by atoms with Crippen molar-refractivity contribution in [2.75, 3.05) is 0 Å². The molecule has 2 rings (SSSR count). The second kappa shape index (κ2) is 4.41. The van der Waals surface area contributed by atoms with Crippen molar-refractivity contribution < 1.29 is 13.2 Å². The van der Waals surface area contributed by atoms with Crippen molar-refractivity contribution in [3.05, 3.63) is 35.5 Å². The predicted molar refractivity (Wildman–Crippen MR) is 59.3 cm³/mol. The van der Waals surface area contributed by atoms with Gasteiger partial charge in [0, 0.05) is 19.2 Å². The lowest BCUT2D eigenvalue weighted by atomic mass is 10.1. The molecule has 0 spiro atoms. The van der Waals surface area contributed by atoms with E-state index in [0.29, 0.717) is 17.0 Å². The highest BCUT2D eigenvalue weighted by molar-refractivity contribution is 5.62. The van der Waals surface area contributed by atoms with Gasteiger partial charge in [-0.1, -0.05) is 17.3 Å². The zero-order chi connectivity index (χ0) is 13.3. The van der Waals surface area contributed by atoms with Gasteiger partial charge in [-0.2, -0.15) is 13.2 Å². The first-order valence-corrected chi connectivity index (χ1v) is 5.19. The number of hydrogen-bond donors (Lipinski definition) is 1. The van der Waals surface area contributed by atoms with Crippen LogP contribution in [-0.4, -0.2) is 15.0 Å². The van der Waals surface area contributed by atoms with E-state index in [2.05, 4.69) is 10.3 Å². The summed E-state index contributed by atoms with van der Waals surface area (Å²) < 4.78 is 39.3. The smallest absolute Gasteiger partial charge is 0.325 e. The van der Waals surface area contributed by atoms with Crippen LogP contribution in [0.5, 0.6) is 0 Å². The Kier molecular flexibility index (Phi) is 3.08. The molecule has 0 aliphatic carbocycles. The van der Waals surface area contributed by atoms with Crippen LogP contribution in [0.25, 0.3) is 11.3 Å². The Labute approximate surface area is 101 Å². The minimum absolute atomic E-state index is 0.124. The standard InChI is InChI=1S/C11H11F3N4/c1-18-10(9(6-15)16-17-18)7-3-2-4-8(5-7)11(12,13)14/h2-5H,6,15H2,1H3. The number of rotatable bonds is 2. The van der Waals surface area contributed by atoms with Crippen LogP contribution in [0.4, 0.5) is 13.2 Å². The van der Waals surface area contributed by atoms with E-state index in [1.54, 1.807) is 13.1 Å². The maximum absolute atomic E-state index is 12.6. The molecule has 1 aromatic heterocycles. The van der Waals surface area contributed by atoms with E-state index in [4.69, 9.17) is 5.73 Å². The summed E-state index contributed by atoms with van der Waals surface area (Å²) in [6, 6.07) is 5.02. The molecule has 18 heavy (non-hydrogen) atoms. The third-order valence-electron chi connectivity index (χ3n) is 2.55. The van der Waals surface area contributed by atoms with Crippen LogP contribution in [-0.2, 0) is 19.8 Å². The minimum Gasteiger partial charge on any atom is -0.325 e. The molecule has 0 saturated carbocycles. The number of nitrogens with two attached hydrogens (primary N) is 1. The molecule has 0 saturated heterocycles. The Morgan fingerprint density at radius 2 is 2.06 bits per heavy atom. The summed E-state index contributed by atoms with van der Waals surface area (Å²) in [7, 11) is 1.61. The van der Waals surface area contributed by atoms with Gasteiger partial charge in [-0.3, -0.25) is 0 Å². The number of aryl methyl sites for hydroxylation is 1. The Hall–Kier alpha value is -1.89. The first kappa shape index (κ1) is 12.6. The predicted octanol–water partition coefficient (Wildman–Crippen LogP) is 1.96. The van der Waals surface area contributed by atoms with Gasteiger partial charge in [0.25, 0.3) is 0 Å². The molecule has 0 radical (unpaired) electrons. The molecule has 0 amide bonds. The third-order valence-corrected chi connectivity index (χ3v) is 2.55. The van der Waals surface area contributed by atoms with Crippen LogP contribution >= 0.6 is 0 Å². The largest absolute Gasteiger partial charge is 0.416 e. The summed E-state index contributed by atoms with van der Waals surface area (Å²) in [4.78, 5) is 0. The lowest BCUT2D eigenvalue weighted by molar-refractivity contribution is -0.137. The molecule has 0 aliphatic heterocycles. The molecule has 0 fully saturated rings. The van der Waals surface area contributed by atoms with Crippen LogP contribution in [0.3, 0.4) is 0 Å². The van der Waals surface area contributed by atoms with E-state index in [9.17, 15) is 13.2 Å². The normalized spacial score (nSPS) is 11.8. The van der Waals surface area contributed by atoms with Crippen LogP contribution in [0.15, 0.2) is 24.3 Å². The van der Waals surface area contributed by atoms with Crippen molar-refractivity contribution >= 4 is 0 Å². The lowest BCUT2D eigenvalue weighted by Crippen LogP contribution is -2.06. The number of aromatic nitrogens is 3. The van der Waals surface area contributed by atoms with Gasteiger partial charge < -0.3 is 5.73 Å². The van der Waals surface area contributed by atoms with Gasteiger partial charge in [0.2, 0.25) is 0 Å². The second-order valence-electron chi connectivity index (χ2n) is 3.79. The lowest BCUT2D eigenvalue weighted by Gasteiger charge is -2.09. The Morgan fingerprint density at radius 1 is 1.33 bits per heavy atom. The topological polar surface area (TPSA) is 56.7 Å². The van der Waals surface area contributed by atoms with Gasteiger partial charge in [-0.05, 0) is 12.1 Å². The third kappa shape index (κ3) is 2.21. The van der Waals surface area contributed by atoms with E-state index in [0.717, 1.165) is 12.1 Å². The second-order valence-corrected chi connectivity index (χ2v) is 3.79. The Balaban J connectivity index is 2.55. The molecule has 4 nitrogen and oxygen atoms in total. The van der Waals surface area contributed by atoms with E-state index in [1.807, 2.05) is 0 Å². The van der Waals surface area contributed by atoms with Gasteiger partial charge in [0.1, 0.15) is 5.69 Å². The Morgan fingerprint density at radius 3 is 2.67 bits per heavy atom. The summed E-state index contributed by atoms with van der Waals surface area (Å²) in [6.07, 6.45) is -4.37. The van der Waals surface area contributed by atoms with Crippen molar-refractivity contribution in [1.82, 2.24) is 15.0 Å². The summed E-state index contributed by atoms with van der Waals surface area (Å²) >= 11 is 0. The molecule has 0 aliphatic rings. The van der Waals surface area contributed by atoms with Crippen molar-refractivity contribution in [3.63, 3.8) is 0 Å². The maximum Gasteiger partial charge on any atom is 0.416 e. The monoisotopic (exact) mass is 256 g/mol. The molecule has 0 unspecified atom stereocenters. The van der Waals surface area contributed by atoms with E-state index < -0.39 is 11.7 Å². The first-order chi connectivity index (χ1) is 8.43. The maximum atomic E-state index is 12.6. The van der Waals surface area contributed by atoms with E-state index >= 15 is 0 Å². The SMILES string of the molecule is Cn1nnc(CN)c1-c1cccc(C(F)(F)F)c1. The average Bonchev–Trinajstić information content (AvgIpc) is 2.69. The van der Waals surface area contributed by atoms with Crippen molar-refractivity contribution in [2.24, 2.45) is 12.8 Å². The molecular formula is C11H11F3N4. The van der Waals surface area contributed by atoms with Crippen molar-refractivity contribution in [2.45, 2.75) is 12.7 Å². The molecule has 7 heteroatoms. The fourth-order valence-corrected chi connectivity index (χ4v) is 1.73. The number of alkyl halides is 3. The quantitative estimate of drug-likeness (QED) is 0.893. The van der Waals surface area contributed by atoms with Crippen LogP contribution < -0.4 is 5.73 Å². The molecule has 1 aromatic carbocycles. The number of hydrogen-bond acceptors (Lipinski definition) is 3. The molecule has 2 aromatic rings. The first-order valence-electron chi connectivity index (χ1n) is 5.19. The molecule has 0 atom stereocenters. The van der Waals surface area contributed by atoms with Gasteiger partial charge in [0.05, 0.1) is 11.3 Å². The number of benzene rings is 1. The summed E-state index contributed by atoms with van der Waals surface area (Å²) in [6.45, 7) is 0.124. The van der Waals surface area contributed by atoms with Gasteiger partial charge in [-0.25, -0.2) is 4.68 Å². The highest BCUT2D eigenvalue weighted by Gasteiger charge is 2.30. The van der Waals surface area contributed by atoms with E-state index in [1.165, 1.54) is 10.7 Å². The number of halogens is 3. The van der Waals surface area contributed by atoms with E-state index in [-0.39, 0.29) is 6.54 Å². The van der Waals surface area contributed by atoms with Gasteiger partial charge in [-0.15, -0.1) is 5.10 Å². The molecule has 96 valence electrons. The number of nitrogens with zero attached hydrogens (tertiary/aromatic N) is 3. The molecular weight excluding hydrogens is 245 g/mol. The van der Waals surface area contributed by atoms with Gasteiger partial charge >= 0.3 is 6.18 Å². The molecule has 2 N–H and O–H groups in total. The summed E-state index contributed by atoms with van der Waals surface area (Å²) in [5.41, 5.74) is 6.16. The fourth-order valence-electron chi connectivity index (χ4n) is 1.73. The van der Waals surface area contributed by atoms with Crippen LogP contribution in [0.2, 0.25) is 0 Å². The fraction of sp³-hybridized carbons (Fsp3) is 0.273. The summed E-state index contributed by atoms with van der Waals surface area (Å²) in [5.74, 6) is 0. The molecule has 0 bridgehead atoms. The van der Waals surface area contributed by atoms with Crippen molar-refractivity contribution in [1.29, 1.82) is 0 Å². The minimum atomic E-state index is -4.37. The average molecular weight is 256 g/mol. The van der Waals surface area contributed by atoms with Crippen molar-refractivity contribution in [3.8, 4) is 11.3 Å². The van der Waals surface area contributed by atoms with Crippen LogP contribution in [0.1, 0.15) is 11.3 Å². The Bertz CT molecular complexity index is 560. The zero-order valence-electron chi connectivity index (χ0n) is 9.57. The highest BCUT2D eigenvalue weighted by atomic mass is 19.4. The van der Waals surface area contributed by atoms with Gasteiger partial charge in [0.15, 0.2) is 0 Å². The summed E-state index contributed by atoms with van der Waals surface area (Å²) in [5, 5.41) is 7.57. The molecule has 1 heterocycles.